The zero-order valence-corrected chi connectivity index (χ0v) is 11.6. The minimum atomic E-state index is 0.0255. The Morgan fingerprint density at radius 2 is 2.26 bits per heavy atom. The Hall–Kier alpha value is -1.34. The van der Waals surface area contributed by atoms with Gasteiger partial charge in [-0.2, -0.15) is 0 Å². The fourth-order valence-corrected chi connectivity index (χ4v) is 3.07. The van der Waals surface area contributed by atoms with Crippen molar-refractivity contribution in [1.82, 2.24) is 19.9 Å². The summed E-state index contributed by atoms with van der Waals surface area (Å²) in [6, 6.07) is 0. The monoisotopic (exact) mass is 273 g/mol. The van der Waals surface area contributed by atoms with Crippen LogP contribution in [-0.2, 0) is 0 Å². The third kappa shape index (κ3) is 2.82. The molecule has 1 fully saturated rings. The summed E-state index contributed by atoms with van der Waals surface area (Å²) in [5.41, 5.74) is 0.727. The number of carbonyl (C=O) groups excluding carboxylic acids is 1. The maximum Gasteiger partial charge on any atom is 0.216 e. The highest BCUT2D eigenvalue weighted by Crippen LogP contribution is 2.24. The second-order valence-electron chi connectivity index (χ2n) is 4.90. The number of hydrogen-bond acceptors (Lipinski definition) is 6. The van der Waals surface area contributed by atoms with Crippen molar-refractivity contribution in [3.63, 3.8) is 0 Å². The molecular weight excluding hydrogens is 259 g/mol. The molecule has 1 radical (unpaired) electrons. The lowest BCUT2D eigenvalue weighted by Gasteiger charge is -2.27. The van der Waals surface area contributed by atoms with E-state index in [4.69, 9.17) is 0 Å². The molecule has 0 N–H and O–H groups in total. The molecule has 2 aromatic heterocycles. The number of thiazole rings is 1. The van der Waals surface area contributed by atoms with Crippen LogP contribution in [0.3, 0.4) is 0 Å². The van der Waals surface area contributed by atoms with Gasteiger partial charge in [0.05, 0.1) is 6.20 Å². The number of aromatic nitrogens is 3. The zero-order chi connectivity index (χ0) is 13.2. The number of piperidine rings is 1. The van der Waals surface area contributed by atoms with Gasteiger partial charge in [-0.15, -0.1) is 0 Å². The first-order valence-corrected chi connectivity index (χ1v) is 7.18. The average molecular weight is 273 g/mol. The Labute approximate surface area is 116 Å². The number of hydrogen-bond donors (Lipinski definition) is 0. The van der Waals surface area contributed by atoms with Crippen molar-refractivity contribution < 1.29 is 4.79 Å². The van der Waals surface area contributed by atoms with Crippen molar-refractivity contribution >= 4 is 34.6 Å². The molecule has 1 aliphatic heterocycles. The largest absolute Gasteiger partial charge is 0.306 e. The van der Waals surface area contributed by atoms with Crippen molar-refractivity contribution in [1.29, 1.82) is 0 Å². The van der Waals surface area contributed by atoms with Crippen LogP contribution in [-0.4, -0.2) is 53.0 Å². The molecule has 0 amide bonds. The molecule has 0 bridgehead atoms. The first-order chi connectivity index (χ1) is 9.22. The van der Waals surface area contributed by atoms with E-state index in [-0.39, 0.29) is 5.68 Å². The summed E-state index contributed by atoms with van der Waals surface area (Å²) in [6.07, 6.45) is 5.22. The summed E-state index contributed by atoms with van der Waals surface area (Å²) < 4.78 is 0. The molecular formula is C12H14BN4OS. The molecule has 0 aromatic carbocycles. The van der Waals surface area contributed by atoms with Gasteiger partial charge >= 0.3 is 0 Å². The van der Waals surface area contributed by atoms with Crippen LogP contribution < -0.4 is 0 Å². The quantitative estimate of drug-likeness (QED) is 0.792. The van der Waals surface area contributed by atoms with Gasteiger partial charge in [0.2, 0.25) is 7.28 Å². The number of nitrogens with zero attached hydrogens (tertiary/aromatic N) is 4. The van der Waals surface area contributed by atoms with Crippen LogP contribution in [0.15, 0.2) is 12.5 Å². The van der Waals surface area contributed by atoms with Gasteiger partial charge in [0, 0.05) is 0 Å². The third-order valence-corrected chi connectivity index (χ3v) is 4.43. The van der Waals surface area contributed by atoms with E-state index >= 15 is 0 Å². The second kappa shape index (κ2) is 5.34. The molecule has 3 rings (SSSR count). The van der Waals surface area contributed by atoms with Gasteiger partial charge < -0.3 is 9.69 Å². The molecule has 5 nitrogen and oxygen atoms in total. The fraction of sp³-hybridized carbons (Fsp3) is 0.500. The Kier molecular flexibility index (Phi) is 3.57. The lowest BCUT2D eigenvalue weighted by molar-refractivity contribution is 0.107. The minimum absolute atomic E-state index is 0.0255. The van der Waals surface area contributed by atoms with Crippen LogP contribution in [0.1, 0.15) is 22.6 Å². The van der Waals surface area contributed by atoms with Crippen molar-refractivity contribution in [3.05, 3.63) is 17.5 Å². The lowest BCUT2D eigenvalue weighted by atomic mass is 9.57. The van der Waals surface area contributed by atoms with Crippen LogP contribution in [0.2, 0.25) is 5.82 Å². The predicted molar refractivity (Wildman–Crippen MR) is 75.8 cm³/mol. The Morgan fingerprint density at radius 3 is 3.00 bits per heavy atom. The maximum absolute atomic E-state index is 12.2. The number of carbonyl (C=O) groups is 1. The lowest BCUT2D eigenvalue weighted by Crippen LogP contribution is -2.31. The summed E-state index contributed by atoms with van der Waals surface area (Å²) in [4.78, 5) is 27.6. The highest BCUT2D eigenvalue weighted by atomic mass is 32.1. The van der Waals surface area contributed by atoms with Gasteiger partial charge in [-0.25, -0.2) is 15.0 Å². The number of likely N-dealkylation sites (tertiary alicyclic amines) is 1. The molecule has 19 heavy (non-hydrogen) atoms. The molecule has 0 unspecified atom stereocenters. The molecule has 2 aromatic rings. The molecule has 1 aliphatic rings. The molecule has 1 saturated heterocycles. The third-order valence-electron chi connectivity index (χ3n) is 3.43. The van der Waals surface area contributed by atoms with Gasteiger partial charge in [-0.1, -0.05) is 17.2 Å². The van der Waals surface area contributed by atoms with Gasteiger partial charge in [0.25, 0.3) is 0 Å². The van der Waals surface area contributed by atoms with E-state index in [0.717, 1.165) is 30.8 Å². The van der Waals surface area contributed by atoms with Gasteiger partial charge in [-0.05, 0) is 33.0 Å². The van der Waals surface area contributed by atoms with E-state index in [0.29, 0.717) is 16.3 Å². The van der Waals surface area contributed by atoms with E-state index in [1.807, 2.05) is 7.28 Å². The van der Waals surface area contributed by atoms with Crippen molar-refractivity contribution in [3.8, 4) is 0 Å². The van der Waals surface area contributed by atoms with E-state index in [1.165, 1.54) is 17.7 Å². The summed E-state index contributed by atoms with van der Waals surface area (Å²) in [6.45, 7) is 2.11. The van der Waals surface area contributed by atoms with Crippen LogP contribution in [0.4, 0.5) is 0 Å². The van der Waals surface area contributed by atoms with Gasteiger partial charge in [-0.3, -0.25) is 0 Å². The normalized spacial score (nSPS) is 17.7. The van der Waals surface area contributed by atoms with E-state index in [1.54, 1.807) is 6.20 Å². The van der Waals surface area contributed by atoms with Crippen LogP contribution in [0.5, 0.6) is 0 Å². The second-order valence-corrected chi connectivity index (χ2v) is 5.88. The van der Waals surface area contributed by atoms with Crippen LogP contribution in [0.25, 0.3) is 10.3 Å². The predicted octanol–water partition coefficient (Wildman–Crippen LogP) is 1.44. The van der Waals surface area contributed by atoms with Crippen molar-refractivity contribution in [2.75, 3.05) is 20.1 Å². The molecule has 0 aliphatic carbocycles. The van der Waals surface area contributed by atoms with Gasteiger partial charge in [0.1, 0.15) is 22.4 Å². The zero-order valence-electron chi connectivity index (χ0n) is 10.7. The first-order valence-electron chi connectivity index (χ1n) is 6.36. The molecule has 0 spiro atoms. The topological polar surface area (TPSA) is 59.0 Å². The average Bonchev–Trinajstić information content (AvgIpc) is 2.85. The van der Waals surface area contributed by atoms with E-state index in [2.05, 4.69) is 26.9 Å². The Morgan fingerprint density at radius 1 is 1.47 bits per heavy atom. The van der Waals surface area contributed by atoms with Crippen molar-refractivity contribution in [2.45, 2.75) is 18.7 Å². The summed E-state index contributed by atoms with van der Waals surface area (Å²) in [5.74, 6) is 0.377. The highest BCUT2D eigenvalue weighted by molar-refractivity contribution is 7.21. The molecule has 7 heteroatoms. The van der Waals surface area contributed by atoms with Crippen LogP contribution >= 0.6 is 11.3 Å². The molecule has 97 valence electrons. The number of fused-ring (bicyclic) bond motifs is 1. The fourth-order valence-electron chi connectivity index (χ4n) is 2.28. The molecule has 0 atom stereocenters. The first kappa shape index (κ1) is 12.7. The Balaban J connectivity index is 1.70. The molecule has 0 saturated carbocycles. The molecule has 3 heterocycles. The minimum Gasteiger partial charge on any atom is -0.306 e. The number of rotatable bonds is 3. The smallest absolute Gasteiger partial charge is 0.216 e. The van der Waals surface area contributed by atoms with Gasteiger partial charge in [0.15, 0.2) is 5.01 Å². The SMILES string of the molecule is CN1CCC([B]C(=O)c2nc3cncnc3s2)CC1. The standard InChI is InChI=1S/C12H14BN4OS/c1-17-4-2-8(3-5-17)13-10(18)12-16-9-6-14-7-15-11(9)19-12/h6-8H,2-5H2,1H3. The van der Waals surface area contributed by atoms with Crippen molar-refractivity contribution in [2.24, 2.45) is 0 Å². The summed E-state index contributed by atoms with van der Waals surface area (Å²) in [7, 11) is 3.95. The highest BCUT2D eigenvalue weighted by Gasteiger charge is 2.23. The van der Waals surface area contributed by atoms with Crippen LogP contribution in [0, 0.1) is 0 Å². The Bertz CT molecular complexity index is 561. The van der Waals surface area contributed by atoms with E-state index < -0.39 is 0 Å². The summed E-state index contributed by atoms with van der Waals surface area (Å²) in [5, 5.41) is 0.523. The summed E-state index contributed by atoms with van der Waals surface area (Å²) >= 11 is 1.34. The maximum atomic E-state index is 12.2. The van der Waals surface area contributed by atoms with E-state index in [9.17, 15) is 4.79 Å².